The number of carbonyl (C=O) groups is 1. The number of benzene rings is 4. The molecule has 0 amide bonds. The monoisotopic (exact) mass is 542 g/mol. The Labute approximate surface area is 234 Å². The van der Waals surface area contributed by atoms with Gasteiger partial charge in [0.1, 0.15) is 0 Å². The molecular formula is C33H22N2O2S2. The molecule has 0 spiro atoms. The summed E-state index contributed by atoms with van der Waals surface area (Å²) in [6.45, 7) is 0. The van der Waals surface area contributed by atoms with Crippen LogP contribution in [0.2, 0.25) is 0 Å². The molecule has 6 aromatic rings. The first-order chi connectivity index (χ1) is 19.2. The summed E-state index contributed by atoms with van der Waals surface area (Å²) in [5.74, 6) is -0.352. The summed E-state index contributed by atoms with van der Waals surface area (Å²) in [6.07, 6.45) is 0. The number of ether oxygens (including phenoxy) is 1. The fraction of sp³-hybridized carbons (Fsp3) is 0.0303. The Hall–Kier alpha value is -4.39. The van der Waals surface area contributed by atoms with Crippen LogP contribution in [0.15, 0.2) is 124 Å². The predicted octanol–water partition coefficient (Wildman–Crippen LogP) is 9.35. The summed E-state index contributed by atoms with van der Waals surface area (Å²) >= 11 is 3.51. The Balaban J connectivity index is 1.49. The molecule has 1 aliphatic heterocycles. The second-order valence-corrected chi connectivity index (χ2v) is 11.2. The average molecular weight is 543 g/mol. The first kappa shape index (κ1) is 23.7. The molecular weight excluding hydrogens is 521 g/mol. The molecule has 0 aliphatic carbocycles. The van der Waals surface area contributed by atoms with Crippen LogP contribution in [0, 0.1) is 0 Å². The Bertz CT molecular complexity index is 1800. The SMILES string of the molecule is COC(=O)c1ccc(-c2cc(-c3cccs3)c3cccc(N4c5ccccc5Sc5ccccc54)c3n2)cc1. The van der Waals surface area contributed by atoms with E-state index in [0.29, 0.717) is 5.56 Å². The van der Waals surface area contributed by atoms with Crippen LogP contribution in [0.3, 0.4) is 0 Å². The quantitative estimate of drug-likeness (QED) is 0.207. The van der Waals surface area contributed by atoms with Crippen molar-refractivity contribution in [2.24, 2.45) is 0 Å². The highest BCUT2D eigenvalue weighted by Crippen LogP contribution is 2.52. The van der Waals surface area contributed by atoms with Crippen LogP contribution < -0.4 is 4.90 Å². The topological polar surface area (TPSA) is 42.4 Å². The third-order valence-corrected chi connectivity index (χ3v) is 8.91. The number of anilines is 3. The molecule has 0 N–H and O–H groups in total. The molecule has 0 saturated heterocycles. The van der Waals surface area contributed by atoms with E-state index in [1.165, 1.54) is 21.8 Å². The van der Waals surface area contributed by atoms with Crippen LogP contribution >= 0.6 is 23.1 Å². The maximum Gasteiger partial charge on any atom is 0.337 e. The number of carbonyl (C=O) groups excluding carboxylic acids is 1. The lowest BCUT2D eigenvalue weighted by atomic mass is 10.0. The van der Waals surface area contributed by atoms with E-state index in [-0.39, 0.29) is 5.97 Å². The lowest BCUT2D eigenvalue weighted by molar-refractivity contribution is 0.0600. The van der Waals surface area contributed by atoms with Crippen LogP contribution in [-0.2, 0) is 4.74 Å². The van der Waals surface area contributed by atoms with Crippen molar-refractivity contribution in [3.63, 3.8) is 0 Å². The first-order valence-corrected chi connectivity index (χ1v) is 14.2. The van der Waals surface area contributed by atoms with Gasteiger partial charge in [0.05, 0.1) is 40.9 Å². The zero-order valence-electron chi connectivity index (χ0n) is 21.0. The van der Waals surface area contributed by atoms with Crippen molar-refractivity contribution in [2.75, 3.05) is 12.0 Å². The van der Waals surface area contributed by atoms with E-state index < -0.39 is 0 Å². The zero-order chi connectivity index (χ0) is 26.3. The van der Waals surface area contributed by atoms with Crippen molar-refractivity contribution >= 4 is 57.0 Å². The van der Waals surface area contributed by atoms with Gasteiger partial charge in [-0.25, -0.2) is 9.78 Å². The van der Waals surface area contributed by atoms with Gasteiger partial charge >= 0.3 is 5.97 Å². The molecule has 0 fully saturated rings. The van der Waals surface area contributed by atoms with Gasteiger partial charge in [0.25, 0.3) is 0 Å². The van der Waals surface area contributed by atoms with Gasteiger partial charge in [0.2, 0.25) is 0 Å². The summed E-state index contributed by atoms with van der Waals surface area (Å²) < 4.78 is 4.89. The van der Waals surface area contributed by atoms with E-state index in [2.05, 4.69) is 95.2 Å². The van der Waals surface area contributed by atoms with Crippen LogP contribution in [0.4, 0.5) is 17.1 Å². The van der Waals surface area contributed by atoms with Crippen LogP contribution in [-0.4, -0.2) is 18.1 Å². The number of methoxy groups -OCH3 is 1. The second-order valence-electron chi connectivity index (χ2n) is 9.15. The molecule has 0 radical (unpaired) electrons. The van der Waals surface area contributed by atoms with Gasteiger partial charge in [-0.3, -0.25) is 0 Å². The van der Waals surface area contributed by atoms with Gasteiger partial charge in [-0.2, -0.15) is 0 Å². The number of nitrogens with zero attached hydrogens (tertiary/aromatic N) is 2. The third kappa shape index (κ3) is 4.09. The van der Waals surface area contributed by atoms with Crippen molar-refractivity contribution in [3.05, 3.63) is 120 Å². The normalized spacial score (nSPS) is 12.2. The van der Waals surface area contributed by atoms with Gasteiger partial charge < -0.3 is 9.64 Å². The molecule has 0 bridgehead atoms. The highest BCUT2D eigenvalue weighted by atomic mass is 32.2. The van der Waals surface area contributed by atoms with E-state index >= 15 is 0 Å². The van der Waals surface area contributed by atoms with E-state index in [1.54, 1.807) is 35.2 Å². The summed E-state index contributed by atoms with van der Waals surface area (Å²) in [7, 11) is 1.39. The average Bonchev–Trinajstić information content (AvgIpc) is 3.54. The molecule has 2 aromatic heterocycles. The standard InChI is InChI=1S/C33H22N2O2S2/c1-37-33(36)22-17-15-21(16-18-22)25-20-24(29-14-7-19-38-29)23-8-6-11-28(32(23)34-25)35-26-9-2-4-12-30(26)39-31-13-5-3-10-27(31)35/h2-20H,1H3. The molecule has 188 valence electrons. The number of pyridine rings is 1. The minimum Gasteiger partial charge on any atom is -0.465 e. The fourth-order valence-electron chi connectivity index (χ4n) is 5.06. The fourth-order valence-corrected chi connectivity index (χ4v) is 6.87. The van der Waals surface area contributed by atoms with Crippen molar-refractivity contribution in [3.8, 4) is 21.7 Å². The van der Waals surface area contributed by atoms with E-state index in [1.807, 2.05) is 12.1 Å². The summed E-state index contributed by atoms with van der Waals surface area (Å²) in [5, 5.41) is 3.20. The number of para-hydroxylation sites is 3. The first-order valence-electron chi connectivity index (χ1n) is 12.5. The van der Waals surface area contributed by atoms with Crippen LogP contribution in [0.25, 0.3) is 32.6 Å². The highest BCUT2D eigenvalue weighted by Gasteiger charge is 2.26. The van der Waals surface area contributed by atoms with Crippen molar-refractivity contribution < 1.29 is 9.53 Å². The van der Waals surface area contributed by atoms with Crippen molar-refractivity contribution in [2.45, 2.75) is 9.79 Å². The molecule has 0 saturated carbocycles. The lowest BCUT2D eigenvalue weighted by Gasteiger charge is -2.33. The van der Waals surface area contributed by atoms with Gasteiger partial charge in [-0.15, -0.1) is 11.3 Å². The highest BCUT2D eigenvalue weighted by molar-refractivity contribution is 7.99. The summed E-state index contributed by atoms with van der Waals surface area (Å²) in [4.78, 5) is 23.2. The van der Waals surface area contributed by atoms with E-state index in [9.17, 15) is 4.79 Å². The minimum atomic E-state index is -0.352. The minimum absolute atomic E-state index is 0.352. The summed E-state index contributed by atoms with van der Waals surface area (Å²) in [5.41, 5.74) is 7.67. The van der Waals surface area contributed by atoms with Gasteiger partial charge in [0, 0.05) is 31.2 Å². The molecule has 4 aromatic carbocycles. The Morgan fingerprint density at radius 1 is 0.769 bits per heavy atom. The number of rotatable bonds is 4. The number of aromatic nitrogens is 1. The molecule has 0 unspecified atom stereocenters. The largest absolute Gasteiger partial charge is 0.465 e. The molecule has 39 heavy (non-hydrogen) atoms. The number of fused-ring (bicyclic) bond motifs is 3. The maximum absolute atomic E-state index is 12.0. The summed E-state index contributed by atoms with van der Waals surface area (Å²) in [6, 6.07) is 37.3. The van der Waals surface area contributed by atoms with Crippen LogP contribution in [0.1, 0.15) is 10.4 Å². The van der Waals surface area contributed by atoms with Gasteiger partial charge in [-0.1, -0.05) is 66.4 Å². The van der Waals surface area contributed by atoms with Crippen molar-refractivity contribution in [1.82, 2.24) is 4.98 Å². The lowest BCUT2D eigenvalue weighted by Crippen LogP contribution is -2.15. The third-order valence-electron chi connectivity index (χ3n) is 6.88. The smallest absolute Gasteiger partial charge is 0.337 e. The Morgan fingerprint density at radius 3 is 2.13 bits per heavy atom. The zero-order valence-corrected chi connectivity index (χ0v) is 22.6. The van der Waals surface area contributed by atoms with E-state index in [4.69, 9.17) is 9.72 Å². The number of hydrogen-bond donors (Lipinski definition) is 0. The molecule has 3 heterocycles. The van der Waals surface area contributed by atoms with Gasteiger partial charge in [-0.05, 0) is 60.0 Å². The Kier molecular flexibility index (Phi) is 5.91. The molecule has 1 aliphatic rings. The van der Waals surface area contributed by atoms with Crippen LogP contribution in [0.5, 0.6) is 0 Å². The predicted molar refractivity (Wildman–Crippen MR) is 161 cm³/mol. The number of thiophene rings is 1. The molecule has 0 atom stereocenters. The molecule has 6 heteroatoms. The van der Waals surface area contributed by atoms with Gasteiger partial charge in [0.15, 0.2) is 0 Å². The number of esters is 1. The second kappa shape index (κ2) is 9.73. The molecule has 7 rings (SSSR count). The molecule has 4 nitrogen and oxygen atoms in total. The van der Waals surface area contributed by atoms with E-state index in [0.717, 1.165) is 44.8 Å². The number of hydrogen-bond acceptors (Lipinski definition) is 6. The Morgan fingerprint density at radius 2 is 1.46 bits per heavy atom. The van der Waals surface area contributed by atoms with Crippen molar-refractivity contribution in [1.29, 1.82) is 0 Å². The maximum atomic E-state index is 12.0.